The van der Waals surface area contributed by atoms with Crippen LogP contribution in [0.4, 0.5) is 0 Å². The summed E-state index contributed by atoms with van der Waals surface area (Å²) in [6.07, 6.45) is 5.44. The van der Waals surface area contributed by atoms with Gasteiger partial charge in [0.2, 0.25) is 0 Å². The SMILES string of the molecule is ClCCc1nc2cnccc2n1CCc1ccsc1. The van der Waals surface area contributed by atoms with E-state index in [1.165, 1.54) is 5.56 Å². The van der Waals surface area contributed by atoms with Crippen molar-refractivity contribution in [2.24, 2.45) is 0 Å². The van der Waals surface area contributed by atoms with Gasteiger partial charge in [-0.25, -0.2) is 4.98 Å². The second-order valence-corrected chi connectivity index (χ2v) is 5.52. The fourth-order valence-corrected chi connectivity index (χ4v) is 3.10. The van der Waals surface area contributed by atoms with Crippen LogP contribution >= 0.6 is 22.9 Å². The first kappa shape index (κ1) is 12.6. The lowest BCUT2D eigenvalue weighted by molar-refractivity contribution is 0.676. The van der Waals surface area contributed by atoms with E-state index in [2.05, 4.69) is 31.4 Å². The third-order valence-electron chi connectivity index (χ3n) is 3.15. The molecule has 3 nitrogen and oxygen atoms in total. The predicted molar refractivity (Wildman–Crippen MR) is 80.0 cm³/mol. The van der Waals surface area contributed by atoms with E-state index >= 15 is 0 Å². The first-order chi connectivity index (χ1) is 9.38. The second-order valence-electron chi connectivity index (χ2n) is 4.36. The van der Waals surface area contributed by atoms with Crippen LogP contribution < -0.4 is 0 Å². The Morgan fingerprint density at radius 2 is 2.21 bits per heavy atom. The van der Waals surface area contributed by atoms with Crippen LogP contribution in [-0.4, -0.2) is 20.4 Å². The molecule has 0 spiro atoms. The van der Waals surface area contributed by atoms with Crippen LogP contribution in [0.15, 0.2) is 35.3 Å². The molecule has 19 heavy (non-hydrogen) atoms. The minimum absolute atomic E-state index is 0.592. The number of rotatable bonds is 5. The van der Waals surface area contributed by atoms with E-state index in [0.29, 0.717) is 5.88 Å². The maximum atomic E-state index is 5.87. The number of imidazole rings is 1. The summed E-state index contributed by atoms with van der Waals surface area (Å²) >= 11 is 7.61. The van der Waals surface area contributed by atoms with Gasteiger partial charge in [0.1, 0.15) is 11.3 Å². The molecule has 0 amide bonds. The molecule has 0 fully saturated rings. The summed E-state index contributed by atoms with van der Waals surface area (Å²) in [4.78, 5) is 8.75. The lowest BCUT2D eigenvalue weighted by atomic mass is 10.2. The Hall–Kier alpha value is -1.39. The molecular weight excluding hydrogens is 278 g/mol. The molecule has 5 heteroatoms. The Balaban J connectivity index is 1.92. The van der Waals surface area contributed by atoms with Crippen molar-refractivity contribution < 1.29 is 0 Å². The van der Waals surface area contributed by atoms with E-state index in [9.17, 15) is 0 Å². The highest BCUT2D eigenvalue weighted by molar-refractivity contribution is 7.07. The Labute approximate surface area is 120 Å². The molecule has 0 aliphatic carbocycles. The molecule has 0 aliphatic heterocycles. The Morgan fingerprint density at radius 3 is 3.00 bits per heavy atom. The zero-order chi connectivity index (χ0) is 13.1. The van der Waals surface area contributed by atoms with Gasteiger partial charge < -0.3 is 4.57 Å². The lowest BCUT2D eigenvalue weighted by Crippen LogP contribution is -2.06. The first-order valence-electron chi connectivity index (χ1n) is 6.24. The van der Waals surface area contributed by atoms with E-state index in [0.717, 1.165) is 36.2 Å². The van der Waals surface area contributed by atoms with Gasteiger partial charge in [-0.2, -0.15) is 11.3 Å². The van der Waals surface area contributed by atoms with Crippen LogP contribution in [-0.2, 0) is 19.4 Å². The summed E-state index contributed by atoms with van der Waals surface area (Å²) in [7, 11) is 0. The van der Waals surface area contributed by atoms with Gasteiger partial charge in [0.05, 0.1) is 11.7 Å². The maximum Gasteiger partial charge on any atom is 0.111 e. The molecule has 98 valence electrons. The third kappa shape index (κ3) is 2.65. The number of nitrogens with zero attached hydrogens (tertiary/aromatic N) is 3. The number of fused-ring (bicyclic) bond motifs is 1. The maximum absolute atomic E-state index is 5.87. The van der Waals surface area contributed by atoms with E-state index in [4.69, 9.17) is 11.6 Å². The number of halogens is 1. The topological polar surface area (TPSA) is 30.7 Å². The molecule has 0 aliphatic rings. The van der Waals surface area contributed by atoms with Crippen molar-refractivity contribution in [2.45, 2.75) is 19.4 Å². The van der Waals surface area contributed by atoms with Crippen LogP contribution in [0, 0.1) is 0 Å². The van der Waals surface area contributed by atoms with Crippen LogP contribution in [0.2, 0.25) is 0 Å². The molecule has 0 atom stereocenters. The predicted octanol–water partition coefficient (Wildman–Crippen LogP) is 3.52. The van der Waals surface area contributed by atoms with E-state index in [-0.39, 0.29) is 0 Å². The van der Waals surface area contributed by atoms with Crippen molar-refractivity contribution in [3.63, 3.8) is 0 Å². The molecule has 0 saturated heterocycles. The normalized spacial score (nSPS) is 11.2. The third-order valence-corrected chi connectivity index (χ3v) is 4.07. The van der Waals surface area contributed by atoms with Gasteiger partial charge in [0, 0.05) is 25.0 Å². The Bertz CT molecular complexity index is 660. The smallest absolute Gasteiger partial charge is 0.111 e. The highest BCUT2D eigenvalue weighted by Crippen LogP contribution is 2.17. The average Bonchev–Trinajstić information content (AvgIpc) is 3.04. The molecule has 0 radical (unpaired) electrons. The number of aryl methyl sites for hydroxylation is 3. The highest BCUT2D eigenvalue weighted by atomic mass is 35.5. The van der Waals surface area contributed by atoms with Gasteiger partial charge in [-0.3, -0.25) is 4.98 Å². The van der Waals surface area contributed by atoms with Gasteiger partial charge in [0.15, 0.2) is 0 Å². The van der Waals surface area contributed by atoms with Crippen LogP contribution in [0.1, 0.15) is 11.4 Å². The van der Waals surface area contributed by atoms with Crippen LogP contribution in [0.25, 0.3) is 11.0 Å². The number of pyridine rings is 1. The number of alkyl halides is 1. The minimum Gasteiger partial charge on any atom is -0.328 e. The van der Waals surface area contributed by atoms with Gasteiger partial charge >= 0.3 is 0 Å². The van der Waals surface area contributed by atoms with Gasteiger partial charge in [-0.05, 0) is 34.9 Å². The molecule has 0 aromatic carbocycles. The molecule has 3 aromatic heterocycles. The van der Waals surface area contributed by atoms with Crippen LogP contribution in [0.5, 0.6) is 0 Å². The summed E-state index contributed by atoms with van der Waals surface area (Å²) < 4.78 is 2.26. The molecule has 0 N–H and O–H groups in total. The Kier molecular flexibility index (Phi) is 3.80. The monoisotopic (exact) mass is 291 g/mol. The fraction of sp³-hybridized carbons (Fsp3) is 0.286. The highest BCUT2D eigenvalue weighted by Gasteiger charge is 2.10. The summed E-state index contributed by atoms with van der Waals surface area (Å²) in [6, 6.07) is 4.19. The average molecular weight is 292 g/mol. The number of aromatic nitrogens is 3. The molecule has 0 bridgehead atoms. The van der Waals surface area contributed by atoms with E-state index in [1.54, 1.807) is 11.3 Å². The molecule has 3 rings (SSSR count). The van der Waals surface area contributed by atoms with Gasteiger partial charge in [-0.1, -0.05) is 0 Å². The second kappa shape index (κ2) is 5.72. The first-order valence-corrected chi connectivity index (χ1v) is 7.72. The van der Waals surface area contributed by atoms with Crippen LogP contribution in [0.3, 0.4) is 0 Å². The molecule has 3 aromatic rings. The summed E-state index contributed by atoms with van der Waals surface area (Å²) in [5, 5.41) is 4.31. The fourth-order valence-electron chi connectivity index (χ4n) is 2.23. The minimum atomic E-state index is 0.592. The summed E-state index contributed by atoms with van der Waals surface area (Å²) in [5.41, 5.74) is 3.47. The zero-order valence-corrected chi connectivity index (χ0v) is 12.0. The largest absolute Gasteiger partial charge is 0.328 e. The van der Waals surface area contributed by atoms with Crippen molar-refractivity contribution in [3.8, 4) is 0 Å². The Morgan fingerprint density at radius 1 is 1.26 bits per heavy atom. The molecular formula is C14H14ClN3S. The van der Waals surface area contributed by atoms with Crippen molar-refractivity contribution in [1.82, 2.24) is 14.5 Å². The lowest BCUT2D eigenvalue weighted by Gasteiger charge is -2.07. The quantitative estimate of drug-likeness (QED) is 0.674. The standard InChI is InChI=1S/C14H14ClN3S/c15-5-1-14-17-12-9-16-6-2-13(12)18(14)7-3-11-4-8-19-10-11/h2,4,6,8-10H,1,3,5,7H2. The summed E-state index contributed by atoms with van der Waals surface area (Å²) in [6.45, 7) is 0.934. The van der Waals surface area contributed by atoms with E-state index < -0.39 is 0 Å². The van der Waals surface area contributed by atoms with Gasteiger partial charge in [-0.15, -0.1) is 11.6 Å². The zero-order valence-electron chi connectivity index (χ0n) is 10.4. The van der Waals surface area contributed by atoms with E-state index in [1.807, 2.05) is 18.5 Å². The molecule has 3 heterocycles. The van der Waals surface area contributed by atoms with Gasteiger partial charge in [0.25, 0.3) is 0 Å². The van der Waals surface area contributed by atoms with Crippen molar-refractivity contribution in [2.75, 3.05) is 5.88 Å². The van der Waals surface area contributed by atoms with Crippen molar-refractivity contribution in [3.05, 3.63) is 46.7 Å². The van der Waals surface area contributed by atoms with Crippen molar-refractivity contribution >= 4 is 34.0 Å². The number of hydrogen-bond donors (Lipinski definition) is 0. The number of hydrogen-bond acceptors (Lipinski definition) is 3. The van der Waals surface area contributed by atoms with Crippen molar-refractivity contribution in [1.29, 1.82) is 0 Å². The molecule has 0 unspecified atom stereocenters. The summed E-state index contributed by atoms with van der Waals surface area (Å²) in [5.74, 6) is 1.64. The number of thiophene rings is 1. The molecule has 0 saturated carbocycles.